The van der Waals surface area contributed by atoms with Crippen molar-refractivity contribution in [2.75, 3.05) is 6.54 Å². The van der Waals surface area contributed by atoms with Gasteiger partial charge >= 0.3 is 12.1 Å². The lowest BCUT2D eigenvalue weighted by Crippen LogP contribution is -2.37. The molecule has 3 aromatic rings. The van der Waals surface area contributed by atoms with Gasteiger partial charge in [0.2, 0.25) is 0 Å². The van der Waals surface area contributed by atoms with Crippen LogP contribution in [0.25, 0.3) is 10.6 Å². The normalized spacial score (nSPS) is 12.2. The van der Waals surface area contributed by atoms with Crippen LogP contribution >= 0.6 is 11.3 Å². The summed E-state index contributed by atoms with van der Waals surface area (Å²) in [4.78, 5) is 13.4. The van der Waals surface area contributed by atoms with E-state index in [1.165, 1.54) is 37.3 Å². The molecule has 0 bridgehead atoms. The maximum absolute atomic E-state index is 12.8. The molecule has 0 fully saturated rings. The van der Waals surface area contributed by atoms with Crippen molar-refractivity contribution in [1.29, 1.82) is 0 Å². The smallest absolute Gasteiger partial charge is 0.416 e. The number of nitrogens with zero attached hydrogens (tertiary/aromatic N) is 3. The molecular formula is C23H24F3N3O3S. The van der Waals surface area contributed by atoms with Crippen molar-refractivity contribution in [3.8, 4) is 16.3 Å². The first-order chi connectivity index (χ1) is 15.5. The summed E-state index contributed by atoms with van der Waals surface area (Å²) in [5.41, 5.74) is -0.407. The van der Waals surface area contributed by atoms with Gasteiger partial charge in [0, 0.05) is 12.1 Å². The van der Waals surface area contributed by atoms with E-state index in [0.29, 0.717) is 29.4 Å². The lowest BCUT2D eigenvalue weighted by molar-refractivity contribution is -0.152. The zero-order valence-electron chi connectivity index (χ0n) is 18.4. The zero-order chi connectivity index (χ0) is 24.2. The minimum absolute atomic E-state index is 0.472. The summed E-state index contributed by atoms with van der Waals surface area (Å²) in [5.74, 6) is -0.573. The average molecular weight is 480 g/mol. The third-order valence-electron chi connectivity index (χ3n) is 4.95. The lowest BCUT2D eigenvalue weighted by atomic mass is 10.1. The number of carboxylic acids is 1. The molecule has 0 radical (unpaired) electrons. The first kappa shape index (κ1) is 24.7. The molecule has 2 aromatic carbocycles. The van der Waals surface area contributed by atoms with Gasteiger partial charge in [0.1, 0.15) is 15.8 Å². The van der Waals surface area contributed by atoms with E-state index >= 15 is 0 Å². The number of hydrogen-bond acceptors (Lipinski definition) is 6. The average Bonchev–Trinajstić information content (AvgIpc) is 3.22. The summed E-state index contributed by atoms with van der Waals surface area (Å²) in [7, 11) is 0. The Morgan fingerprint density at radius 2 is 1.67 bits per heavy atom. The first-order valence-electron chi connectivity index (χ1n) is 10.2. The number of ether oxygens (including phenoxy) is 1. The summed E-state index contributed by atoms with van der Waals surface area (Å²) in [6.45, 7) is 6.92. The fourth-order valence-corrected chi connectivity index (χ4v) is 3.85. The maximum Gasteiger partial charge on any atom is 0.416 e. The Morgan fingerprint density at radius 1 is 1.03 bits per heavy atom. The molecule has 1 heterocycles. The summed E-state index contributed by atoms with van der Waals surface area (Å²) >= 11 is 1.34. The van der Waals surface area contributed by atoms with E-state index in [2.05, 4.69) is 15.1 Å². The third kappa shape index (κ3) is 6.52. The standard InChI is InChI=1S/C23H24F3N3O3S/c1-4-29(13-15-5-11-18(12-6-15)32-22(2,3)21(30)31)14-19-27-28-20(33-19)16-7-9-17(10-8-16)23(24,25)26/h5-12H,4,13-14H2,1-3H3,(H,30,31). The first-order valence-corrected chi connectivity index (χ1v) is 11.0. The van der Waals surface area contributed by atoms with Crippen LogP contribution in [0.1, 0.15) is 36.9 Å². The molecule has 0 aliphatic carbocycles. The van der Waals surface area contributed by atoms with Crippen LogP contribution in [-0.4, -0.2) is 38.3 Å². The van der Waals surface area contributed by atoms with Gasteiger partial charge in [-0.05, 0) is 50.2 Å². The highest BCUT2D eigenvalue weighted by Gasteiger charge is 2.30. The summed E-state index contributed by atoms with van der Waals surface area (Å²) in [5, 5.41) is 18.8. The van der Waals surface area contributed by atoms with Crippen LogP contribution in [0.4, 0.5) is 13.2 Å². The number of hydrogen-bond donors (Lipinski definition) is 1. The van der Waals surface area contributed by atoms with Gasteiger partial charge in [0.05, 0.1) is 12.1 Å². The Morgan fingerprint density at radius 3 is 2.21 bits per heavy atom. The minimum atomic E-state index is -4.37. The van der Waals surface area contributed by atoms with E-state index in [1.807, 2.05) is 19.1 Å². The van der Waals surface area contributed by atoms with Gasteiger partial charge in [-0.15, -0.1) is 10.2 Å². The summed E-state index contributed by atoms with van der Waals surface area (Å²) in [6, 6.07) is 12.1. The van der Waals surface area contributed by atoms with Gasteiger partial charge in [-0.2, -0.15) is 13.2 Å². The second kappa shape index (κ2) is 9.88. The Hall–Kier alpha value is -2.98. The number of carbonyl (C=O) groups is 1. The predicted molar refractivity (Wildman–Crippen MR) is 119 cm³/mol. The molecule has 0 saturated heterocycles. The van der Waals surface area contributed by atoms with E-state index in [4.69, 9.17) is 4.74 Å². The largest absolute Gasteiger partial charge is 0.478 e. The molecule has 0 saturated carbocycles. The Kier molecular flexibility index (Phi) is 7.38. The number of aromatic nitrogens is 2. The summed E-state index contributed by atoms with van der Waals surface area (Å²) in [6.07, 6.45) is -4.37. The molecule has 0 unspecified atom stereocenters. The fraction of sp³-hybridized carbons (Fsp3) is 0.348. The Labute approximate surface area is 193 Å². The number of halogens is 3. The van der Waals surface area contributed by atoms with E-state index in [1.54, 1.807) is 12.1 Å². The van der Waals surface area contributed by atoms with E-state index < -0.39 is 23.3 Å². The third-order valence-corrected chi connectivity index (χ3v) is 5.91. The van der Waals surface area contributed by atoms with Crippen LogP contribution in [0, 0.1) is 0 Å². The van der Waals surface area contributed by atoms with Crippen molar-refractivity contribution in [3.63, 3.8) is 0 Å². The Bertz CT molecular complexity index is 1080. The molecule has 3 rings (SSSR count). The number of alkyl halides is 3. The summed E-state index contributed by atoms with van der Waals surface area (Å²) < 4.78 is 43.8. The quantitative estimate of drug-likeness (QED) is 0.438. The molecule has 6 nitrogen and oxygen atoms in total. The zero-order valence-corrected chi connectivity index (χ0v) is 19.2. The molecule has 176 valence electrons. The van der Waals surface area contributed by atoms with Gasteiger partial charge in [-0.3, -0.25) is 4.90 Å². The van der Waals surface area contributed by atoms with Crippen LogP contribution in [-0.2, 0) is 24.1 Å². The van der Waals surface area contributed by atoms with Crippen LogP contribution in [0.15, 0.2) is 48.5 Å². The minimum Gasteiger partial charge on any atom is -0.478 e. The van der Waals surface area contributed by atoms with E-state index in [0.717, 1.165) is 29.2 Å². The van der Waals surface area contributed by atoms with Crippen LogP contribution in [0.3, 0.4) is 0 Å². The Balaban J connectivity index is 1.62. The van der Waals surface area contributed by atoms with Gasteiger partial charge < -0.3 is 9.84 Å². The molecule has 1 N–H and O–H groups in total. The van der Waals surface area contributed by atoms with E-state index in [9.17, 15) is 23.1 Å². The fourth-order valence-electron chi connectivity index (χ4n) is 2.97. The molecule has 0 aliphatic heterocycles. The molecule has 33 heavy (non-hydrogen) atoms. The predicted octanol–water partition coefficient (Wildman–Crippen LogP) is 5.49. The maximum atomic E-state index is 12.8. The van der Waals surface area contributed by atoms with Gasteiger partial charge in [-0.25, -0.2) is 4.79 Å². The van der Waals surface area contributed by atoms with Crippen molar-refractivity contribution in [3.05, 3.63) is 64.7 Å². The highest BCUT2D eigenvalue weighted by Crippen LogP contribution is 2.32. The molecule has 0 atom stereocenters. The van der Waals surface area contributed by atoms with Gasteiger partial charge in [0.15, 0.2) is 5.60 Å². The topological polar surface area (TPSA) is 75.5 Å². The SMILES string of the molecule is CCN(Cc1ccc(OC(C)(C)C(=O)O)cc1)Cc1nnc(-c2ccc(C(F)(F)F)cc2)s1. The monoisotopic (exact) mass is 479 g/mol. The number of benzene rings is 2. The molecule has 0 aliphatic rings. The van der Waals surface area contributed by atoms with Crippen LogP contribution < -0.4 is 4.74 Å². The number of aliphatic carboxylic acids is 1. The second-order valence-corrected chi connectivity index (χ2v) is 9.00. The highest BCUT2D eigenvalue weighted by molar-refractivity contribution is 7.14. The lowest BCUT2D eigenvalue weighted by Gasteiger charge is -2.22. The number of rotatable bonds is 9. The second-order valence-electron chi connectivity index (χ2n) is 7.94. The molecule has 0 spiro atoms. The van der Waals surface area contributed by atoms with Gasteiger partial charge in [-0.1, -0.05) is 42.5 Å². The molecule has 0 amide bonds. The van der Waals surface area contributed by atoms with Crippen LogP contribution in [0.2, 0.25) is 0 Å². The molecule has 10 heteroatoms. The van der Waals surface area contributed by atoms with Crippen molar-refractivity contribution < 1.29 is 27.8 Å². The van der Waals surface area contributed by atoms with E-state index in [-0.39, 0.29) is 0 Å². The van der Waals surface area contributed by atoms with Crippen molar-refractivity contribution >= 4 is 17.3 Å². The van der Waals surface area contributed by atoms with Crippen molar-refractivity contribution in [2.45, 2.75) is 45.6 Å². The van der Waals surface area contributed by atoms with Crippen LogP contribution in [0.5, 0.6) is 5.75 Å². The van der Waals surface area contributed by atoms with Crippen molar-refractivity contribution in [2.24, 2.45) is 0 Å². The van der Waals surface area contributed by atoms with Gasteiger partial charge in [0.25, 0.3) is 0 Å². The van der Waals surface area contributed by atoms with Crippen molar-refractivity contribution in [1.82, 2.24) is 15.1 Å². The number of carboxylic acid groups (broad SMARTS) is 1. The molecular weight excluding hydrogens is 455 g/mol. The highest BCUT2D eigenvalue weighted by atomic mass is 32.1. The molecule has 1 aromatic heterocycles.